The number of thioether (sulfide) groups is 1. The summed E-state index contributed by atoms with van der Waals surface area (Å²) in [5.74, 6) is 0.382. The Morgan fingerprint density at radius 1 is 1.54 bits per heavy atom. The van der Waals surface area contributed by atoms with Crippen molar-refractivity contribution in [1.82, 2.24) is 5.32 Å². The highest BCUT2D eigenvalue weighted by Gasteiger charge is 2.01. The minimum absolute atomic E-state index is 0.0936. The summed E-state index contributed by atoms with van der Waals surface area (Å²) in [6.07, 6.45) is 0. The average Bonchev–Trinajstić information content (AvgIpc) is 2.09. The highest BCUT2D eigenvalue weighted by molar-refractivity contribution is 7.99. The second-order valence-corrected chi connectivity index (χ2v) is 3.39. The third-order valence-corrected chi connectivity index (χ3v) is 2.05. The molecule has 5 nitrogen and oxygen atoms in total. The first kappa shape index (κ1) is 12.2. The fourth-order valence-electron chi connectivity index (χ4n) is 0.544. The van der Waals surface area contributed by atoms with Gasteiger partial charge in [-0.25, -0.2) is 0 Å². The summed E-state index contributed by atoms with van der Waals surface area (Å²) in [7, 11) is 1.60. The van der Waals surface area contributed by atoms with E-state index in [0.717, 1.165) is 5.75 Å². The van der Waals surface area contributed by atoms with Gasteiger partial charge < -0.3 is 15.8 Å². The smallest absolute Gasteiger partial charge is 0.236 e. The average molecular weight is 206 g/mol. The molecule has 6 heteroatoms. The molecule has 3 N–H and O–H groups in total. The van der Waals surface area contributed by atoms with Gasteiger partial charge in [0.05, 0.1) is 18.9 Å². The minimum atomic E-state index is -0.532. The molecule has 0 fully saturated rings. The van der Waals surface area contributed by atoms with Gasteiger partial charge in [0.15, 0.2) is 0 Å². The first-order valence-electron chi connectivity index (χ1n) is 3.78. The van der Waals surface area contributed by atoms with Crippen LogP contribution >= 0.6 is 11.8 Å². The maximum Gasteiger partial charge on any atom is 0.236 e. The number of carbonyl (C=O) groups excluding carboxylic acids is 2. The van der Waals surface area contributed by atoms with Gasteiger partial charge in [-0.1, -0.05) is 0 Å². The fourth-order valence-corrected chi connectivity index (χ4v) is 1.26. The van der Waals surface area contributed by atoms with Gasteiger partial charge in [0.2, 0.25) is 11.8 Å². The summed E-state index contributed by atoms with van der Waals surface area (Å²) >= 11 is 1.45. The van der Waals surface area contributed by atoms with Crippen LogP contribution in [0.25, 0.3) is 0 Å². The molecule has 0 saturated carbocycles. The molecule has 0 rings (SSSR count). The van der Waals surface area contributed by atoms with Crippen LogP contribution in [0.5, 0.6) is 0 Å². The zero-order valence-electron chi connectivity index (χ0n) is 7.54. The number of carbonyl (C=O) groups is 2. The number of hydrogen-bond acceptors (Lipinski definition) is 4. The van der Waals surface area contributed by atoms with Crippen LogP contribution in [0.15, 0.2) is 0 Å². The largest absolute Gasteiger partial charge is 0.384 e. The van der Waals surface area contributed by atoms with Crippen LogP contribution in [0.4, 0.5) is 0 Å². The molecule has 0 aliphatic rings. The molecule has 13 heavy (non-hydrogen) atoms. The second-order valence-electron chi connectivity index (χ2n) is 2.29. The molecule has 0 atom stereocenters. The third-order valence-electron chi connectivity index (χ3n) is 1.12. The Morgan fingerprint density at radius 2 is 2.23 bits per heavy atom. The molecule has 0 radical (unpaired) electrons. The van der Waals surface area contributed by atoms with Crippen LogP contribution < -0.4 is 11.1 Å². The molecule has 0 heterocycles. The lowest BCUT2D eigenvalue weighted by Gasteiger charge is -2.01. The summed E-state index contributed by atoms with van der Waals surface area (Å²) in [5, 5.41) is 2.38. The van der Waals surface area contributed by atoms with Gasteiger partial charge in [0.1, 0.15) is 0 Å². The van der Waals surface area contributed by atoms with Crippen LogP contribution in [0, 0.1) is 0 Å². The van der Waals surface area contributed by atoms with Gasteiger partial charge in [-0.05, 0) is 0 Å². The van der Waals surface area contributed by atoms with Crippen molar-refractivity contribution >= 4 is 23.6 Å². The van der Waals surface area contributed by atoms with E-state index in [2.05, 4.69) is 5.32 Å². The van der Waals surface area contributed by atoms with E-state index in [1.54, 1.807) is 7.11 Å². The topological polar surface area (TPSA) is 81.4 Å². The number of ether oxygens (including phenoxy) is 1. The van der Waals surface area contributed by atoms with Crippen molar-refractivity contribution < 1.29 is 14.3 Å². The van der Waals surface area contributed by atoms with E-state index in [1.807, 2.05) is 0 Å². The van der Waals surface area contributed by atoms with Crippen molar-refractivity contribution in [1.29, 1.82) is 0 Å². The molecule has 0 aliphatic heterocycles. The molecule has 0 saturated heterocycles. The molecule has 0 spiro atoms. The van der Waals surface area contributed by atoms with Crippen molar-refractivity contribution in [2.45, 2.75) is 0 Å². The summed E-state index contributed by atoms with van der Waals surface area (Å²) < 4.78 is 4.80. The number of nitrogens with two attached hydrogens (primary N) is 1. The summed E-state index contributed by atoms with van der Waals surface area (Å²) in [5.41, 5.74) is 4.84. The number of hydrogen-bond donors (Lipinski definition) is 2. The Morgan fingerprint density at radius 3 is 2.77 bits per heavy atom. The van der Waals surface area contributed by atoms with E-state index in [1.165, 1.54) is 11.8 Å². The molecule has 0 aromatic rings. The summed E-state index contributed by atoms with van der Waals surface area (Å²) in [4.78, 5) is 21.2. The molecule has 2 amide bonds. The predicted octanol–water partition coefficient (Wildman–Crippen LogP) is -1.03. The van der Waals surface area contributed by atoms with Crippen molar-refractivity contribution in [2.24, 2.45) is 5.73 Å². The Balaban J connectivity index is 3.25. The summed E-state index contributed by atoms with van der Waals surface area (Å²) in [6, 6.07) is 0. The first-order valence-corrected chi connectivity index (χ1v) is 4.94. The van der Waals surface area contributed by atoms with E-state index < -0.39 is 5.91 Å². The lowest BCUT2D eigenvalue weighted by molar-refractivity contribution is -0.123. The van der Waals surface area contributed by atoms with Crippen LogP contribution in [-0.2, 0) is 14.3 Å². The fraction of sp³-hybridized carbons (Fsp3) is 0.714. The predicted molar refractivity (Wildman–Crippen MR) is 51.4 cm³/mol. The quantitative estimate of drug-likeness (QED) is 0.522. The monoisotopic (exact) mass is 206 g/mol. The number of rotatable bonds is 7. The van der Waals surface area contributed by atoms with E-state index in [9.17, 15) is 9.59 Å². The van der Waals surface area contributed by atoms with Crippen LogP contribution in [0.1, 0.15) is 0 Å². The van der Waals surface area contributed by atoms with E-state index in [4.69, 9.17) is 10.5 Å². The van der Waals surface area contributed by atoms with Gasteiger partial charge in [0, 0.05) is 12.9 Å². The lowest BCUT2D eigenvalue weighted by Crippen LogP contribution is -2.34. The zero-order valence-corrected chi connectivity index (χ0v) is 8.36. The maximum absolute atomic E-state index is 10.9. The molecule has 0 aliphatic carbocycles. The van der Waals surface area contributed by atoms with Crippen molar-refractivity contribution in [3.8, 4) is 0 Å². The second kappa shape index (κ2) is 7.88. The van der Waals surface area contributed by atoms with Crippen LogP contribution in [0.3, 0.4) is 0 Å². The molecule has 76 valence electrons. The van der Waals surface area contributed by atoms with Crippen molar-refractivity contribution in [3.05, 3.63) is 0 Å². The zero-order chi connectivity index (χ0) is 10.1. The Hall–Kier alpha value is -0.750. The van der Waals surface area contributed by atoms with Crippen LogP contribution in [0.2, 0.25) is 0 Å². The standard InChI is InChI=1S/C7H14N2O3S/c1-12-2-3-13-5-7(11)9-4-6(8)10/h2-5H2,1H3,(H2,8,10)(H,9,11). The van der Waals surface area contributed by atoms with Crippen LogP contribution in [-0.4, -0.2) is 43.6 Å². The number of nitrogens with one attached hydrogen (secondary N) is 1. The number of amides is 2. The van der Waals surface area contributed by atoms with Gasteiger partial charge in [0.25, 0.3) is 0 Å². The van der Waals surface area contributed by atoms with Gasteiger partial charge in [-0.3, -0.25) is 9.59 Å². The van der Waals surface area contributed by atoms with Gasteiger partial charge in [-0.15, -0.1) is 11.8 Å². The normalized spacial score (nSPS) is 9.62. The molecule has 0 bridgehead atoms. The Kier molecular flexibility index (Phi) is 7.42. The number of methoxy groups -OCH3 is 1. The third kappa shape index (κ3) is 9.16. The van der Waals surface area contributed by atoms with Gasteiger partial charge in [-0.2, -0.15) is 0 Å². The van der Waals surface area contributed by atoms with Crippen molar-refractivity contribution in [2.75, 3.05) is 31.8 Å². The molecule has 0 aromatic heterocycles. The van der Waals surface area contributed by atoms with E-state index >= 15 is 0 Å². The number of primary amides is 1. The summed E-state index contributed by atoms with van der Waals surface area (Å²) in [6.45, 7) is 0.525. The Bertz CT molecular complexity index is 175. The molecular formula is C7H14N2O3S. The first-order chi connectivity index (χ1) is 6.16. The molecular weight excluding hydrogens is 192 g/mol. The minimum Gasteiger partial charge on any atom is -0.384 e. The van der Waals surface area contributed by atoms with Gasteiger partial charge >= 0.3 is 0 Å². The van der Waals surface area contributed by atoms with E-state index in [-0.39, 0.29) is 12.5 Å². The SMILES string of the molecule is COCCSCC(=O)NCC(N)=O. The lowest BCUT2D eigenvalue weighted by atomic mass is 10.6. The van der Waals surface area contributed by atoms with E-state index in [0.29, 0.717) is 12.4 Å². The molecule has 0 unspecified atom stereocenters. The molecule has 0 aromatic carbocycles. The highest BCUT2D eigenvalue weighted by atomic mass is 32.2. The maximum atomic E-state index is 10.9. The highest BCUT2D eigenvalue weighted by Crippen LogP contribution is 1.97. The Labute approximate surface area is 81.4 Å². The van der Waals surface area contributed by atoms with Crippen molar-refractivity contribution in [3.63, 3.8) is 0 Å².